The molecule has 1 aliphatic rings. The van der Waals surface area contributed by atoms with E-state index >= 15 is 0 Å². The summed E-state index contributed by atoms with van der Waals surface area (Å²) in [5.41, 5.74) is 0. The molecule has 1 fully saturated rings. The first-order valence-electron chi connectivity index (χ1n) is 9.00. The highest BCUT2D eigenvalue weighted by Crippen LogP contribution is 2.26. The molecule has 142 valence electrons. The highest BCUT2D eigenvalue weighted by atomic mass is 16.7. The van der Waals surface area contributed by atoms with Gasteiger partial charge in [0.05, 0.1) is 6.10 Å². The number of unbranched alkanes of at least 4 members (excludes halogenated alkanes) is 4. The van der Waals surface area contributed by atoms with Crippen molar-refractivity contribution >= 4 is 5.97 Å². The van der Waals surface area contributed by atoms with Gasteiger partial charge in [-0.1, -0.05) is 52.4 Å². The van der Waals surface area contributed by atoms with E-state index in [-0.39, 0.29) is 6.10 Å². The molecule has 5 atom stereocenters. The van der Waals surface area contributed by atoms with E-state index in [0.29, 0.717) is 0 Å². The summed E-state index contributed by atoms with van der Waals surface area (Å²) < 4.78 is 11.0. The van der Waals surface area contributed by atoms with Gasteiger partial charge < -0.3 is 29.9 Å². The molecule has 0 radical (unpaired) electrons. The van der Waals surface area contributed by atoms with Crippen molar-refractivity contribution in [3.8, 4) is 0 Å². The number of hydrogen-bond acceptors (Lipinski definition) is 6. The van der Waals surface area contributed by atoms with E-state index < -0.39 is 36.7 Å². The van der Waals surface area contributed by atoms with Gasteiger partial charge >= 0.3 is 5.97 Å². The van der Waals surface area contributed by atoms with Gasteiger partial charge in [0.15, 0.2) is 12.4 Å². The second-order valence-electron chi connectivity index (χ2n) is 6.48. The van der Waals surface area contributed by atoms with Crippen LogP contribution in [0.25, 0.3) is 0 Å². The number of carboxylic acid groups (broad SMARTS) is 1. The van der Waals surface area contributed by atoms with Crippen LogP contribution in [0.1, 0.15) is 65.2 Å². The molecule has 1 aliphatic heterocycles. The Balaban J connectivity index is 2.68. The molecular weight excluding hydrogens is 316 g/mol. The molecule has 1 rings (SSSR count). The Kier molecular flexibility index (Phi) is 9.76. The zero-order valence-electron chi connectivity index (χ0n) is 14.6. The molecule has 0 saturated carbocycles. The van der Waals surface area contributed by atoms with Gasteiger partial charge in [0.2, 0.25) is 0 Å². The molecule has 1 heterocycles. The van der Waals surface area contributed by atoms with Crippen molar-refractivity contribution in [1.82, 2.24) is 0 Å². The average molecular weight is 348 g/mol. The van der Waals surface area contributed by atoms with E-state index in [1.165, 1.54) is 0 Å². The van der Waals surface area contributed by atoms with Gasteiger partial charge in [0, 0.05) is 0 Å². The Labute approximate surface area is 143 Å². The lowest BCUT2D eigenvalue weighted by atomic mass is 9.98. The van der Waals surface area contributed by atoms with Gasteiger partial charge in [-0.15, -0.1) is 0 Å². The molecular formula is C17H32O7. The van der Waals surface area contributed by atoms with Crippen LogP contribution in [0.4, 0.5) is 0 Å². The van der Waals surface area contributed by atoms with Crippen LogP contribution in [0.3, 0.4) is 0 Å². The summed E-state index contributed by atoms with van der Waals surface area (Å²) in [6.07, 6.45) is 0.0310. The molecule has 7 heteroatoms. The molecule has 0 aromatic heterocycles. The van der Waals surface area contributed by atoms with E-state index in [1.54, 1.807) is 0 Å². The largest absolute Gasteiger partial charge is 0.479 e. The third-order valence-electron chi connectivity index (χ3n) is 4.40. The second kappa shape index (κ2) is 11.0. The zero-order valence-corrected chi connectivity index (χ0v) is 14.6. The Bertz CT molecular complexity index is 353. The normalized spacial score (nSPS) is 30.7. The van der Waals surface area contributed by atoms with Gasteiger partial charge in [-0.3, -0.25) is 0 Å². The van der Waals surface area contributed by atoms with Gasteiger partial charge in [-0.05, 0) is 12.8 Å². The molecule has 0 bridgehead atoms. The predicted octanol–water partition coefficient (Wildman–Crippen LogP) is 1.42. The summed E-state index contributed by atoms with van der Waals surface area (Å²) in [4.78, 5) is 11.1. The van der Waals surface area contributed by atoms with Crippen molar-refractivity contribution in [2.45, 2.75) is 102 Å². The summed E-state index contributed by atoms with van der Waals surface area (Å²) >= 11 is 0. The SMILES string of the molecule is CCCCCC(CCCCC)OC1OC(C(=O)O)C(O)C(O)C1O. The smallest absolute Gasteiger partial charge is 0.335 e. The van der Waals surface area contributed by atoms with E-state index in [2.05, 4.69) is 13.8 Å². The Hall–Kier alpha value is -0.730. The van der Waals surface area contributed by atoms with Gasteiger partial charge in [-0.25, -0.2) is 4.79 Å². The van der Waals surface area contributed by atoms with E-state index in [4.69, 9.17) is 14.6 Å². The lowest BCUT2D eigenvalue weighted by molar-refractivity contribution is -0.305. The maximum atomic E-state index is 11.1. The molecule has 24 heavy (non-hydrogen) atoms. The van der Waals surface area contributed by atoms with Crippen LogP contribution in [0.5, 0.6) is 0 Å². The lowest BCUT2D eigenvalue weighted by Gasteiger charge is -2.40. The number of ether oxygens (including phenoxy) is 2. The molecule has 0 amide bonds. The summed E-state index contributed by atoms with van der Waals surface area (Å²) in [6.45, 7) is 4.21. The van der Waals surface area contributed by atoms with Crippen molar-refractivity contribution in [1.29, 1.82) is 0 Å². The van der Waals surface area contributed by atoms with Crippen LogP contribution in [-0.4, -0.2) is 63.2 Å². The standard InChI is InChI=1S/C17H32O7/c1-3-5-7-9-11(10-8-6-4-2)23-17-14(20)12(18)13(19)15(24-17)16(21)22/h11-15,17-20H,3-10H2,1-2H3,(H,21,22). The maximum absolute atomic E-state index is 11.1. The van der Waals surface area contributed by atoms with Gasteiger partial charge in [-0.2, -0.15) is 0 Å². The number of aliphatic hydroxyl groups is 3. The number of aliphatic hydroxyl groups excluding tert-OH is 3. The molecule has 1 saturated heterocycles. The fourth-order valence-electron chi connectivity index (χ4n) is 2.88. The van der Waals surface area contributed by atoms with Crippen LogP contribution < -0.4 is 0 Å². The quantitative estimate of drug-likeness (QED) is 0.417. The maximum Gasteiger partial charge on any atom is 0.335 e. The Morgan fingerprint density at radius 1 is 0.958 bits per heavy atom. The molecule has 0 aromatic rings. The van der Waals surface area contributed by atoms with Crippen LogP contribution in [-0.2, 0) is 14.3 Å². The molecule has 5 unspecified atom stereocenters. The fourth-order valence-corrected chi connectivity index (χ4v) is 2.88. The first kappa shape index (κ1) is 21.3. The van der Waals surface area contributed by atoms with Crippen LogP contribution in [0.2, 0.25) is 0 Å². The Morgan fingerprint density at radius 2 is 1.50 bits per heavy atom. The van der Waals surface area contributed by atoms with Crippen LogP contribution in [0, 0.1) is 0 Å². The summed E-state index contributed by atoms with van der Waals surface area (Å²) in [5, 5.41) is 38.7. The highest BCUT2D eigenvalue weighted by molar-refractivity contribution is 5.73. The number of hydrogen-bond donors (Lipinski definition) is 4. The lowest BCUT2D eigenvalue weighted by Crippen LogP contribution is -2.60. The number of aliphatic carboxylic acids is 1. The van der Waals surface area contributed by atoms with Crippen LogP contribution >= 0.6 is 0 Å². The van der Waals surface area contributed by atoms with Crippen molar-refractivity contribution in [2.75, 3.05) is 0 Å². The second-order valence-corrected chi connectivity index (χ2v) is 6.48. The average Bonchev–Trinajstić information content (AvgIpc) is 2.55. The summed E-state index contributed by atoms with van der Waals surface area (Å²) in [7, 11) is 0. The monoisotopic (exact) mass is 348 g/mol. The third-order valence-corrected chi connectivity index (χ3v) is 4.40. The molecule has 0 spiro atoms. The zero-order chi connectivity index (χ0) is 18.1. The molecule has 4 N–H and O–H groups in total. The number of rotatable bonds is 11. The summed E-state index contributed by atoms with van der Waals surface area (Å²) in [5.74, 6) is -1.39. The topological polar surface area (TPSA) is 116 Å². The molecule has 7 nitrogen and oxygen atoms in total. The fraction of sp³-hybridized carbons (Fsp3) is 0.941. The molecule has 0 aromatic carbocycles. The number of carbonyl (C=O) groups is 1. The van der Waals surface area contributed by atoms with Crippen molar-refractivity contribution in [3.63, 3.8) is 0 Å². The molecule has 0 aliphatic carbocycles. The minimum atomic E-state index is -1.68. The minimum absolute atomic E-state index is 0.167. The first-order chi connectivity index (χ1) is 11.4. The highest BCUT2D eigenvalue weighted by Gasteiger charge is 2.47. The van der Waals surface area contributed by atoms with Gasteiger partial charge in [0.1, 0.15) is 18.3 Å². The number of carboxylic acids is 1. The Morgan fingerprint density at radius 3 is 1.96 bits per heavy atom. The third kappa shape index (κ3) is 6.29. The van der Waals surface area contributed by atoms with Crippen LogP contribution in [0.15, 0.2) is 0 Å². The minimum Gasteiger partial charge on any atom is -0.479 e. The van der Waals surface area contributed by atoms with Gasteiger partial charge in [0.25, 0.3) is 0 Å². The first-order valence-corrected chi connectivity index (χ1v) is 9.00. The van der Waals surface area contributed by atoms with E-state index in [1.807, 2.05) is 0 Å². The van der Waals surface area contributed by atoms with E-state index in [0.717, 1.165) is 51.4 Å². The van der Waals surface area contributed by atoms with E-state index in [9.17, 15) is 20.1 Å². The predicted molar refractivity (Wildman–Crippen MR) is 87.5 cm³/mol. The van der Waals surface area contributed by atoms with Crippen molar-refractivity contribution in [3.05, 3.63) is 0 Å². The van der Waals surface area contributed by atoms with Crippen molar-refractivity contribution in [2.24, 2.45) is 0 Å². The summed E-state index contributed by atoms with van der Waals surface area (Å²) in [6, 6.07) is 0. The van der Waals surface area contributed by atoms with Crippen molar-refractivity contribution < 1.29 is 34.7 Å².